The lowest BCUT2D eigenvalue weighted by Gasteiger charge is -2.17. The Labute approximate surface area is 109 Å². The monoisotopic (exact) mass is 292 g/mol. The number of para-hydroxylation sites is 1. The summed E-state index contributed by atoms with van der Waals surface area (Å²) in [6.45, 7) is 0. The van der Waals surface area contributed by atoms with Gasteiger partial charge in [-0.3, -0.25) is 4.79 Å². The fourth-order valence-corrected chi connectivity index (χ4v) is 2.96. The summed E-state index contributed by atoms with van der Waals surface area (Å²) in [7, 11) is 0. The van der Waals surface area contributed by atoms with Gasteiger partial charge < -0.3 is 0 Å². The number of fused-ring (bicyclic) bond motifs is 1. The Morgan fingerprint density at radius 3 is 2.88 bits per heavy atom. The number of hydrogen-bond acceptors (Lipinski definition) is 2. The van der Waals surface area contributed by atoms with E-state index in [1.54, 1.807) is 5.01 Å². The highest BCUT2D eigenvalue weighted by molar-refractivity contribution is 9.10. The summed E-state index contributed by atoms with van der Waals surface area (Å²) in [5, 5.41) is 6.06. The number of carbonyl (C=O) groups is 1. The SMILES string of the molecule is O=C1C2CCCCC2=NN1c1ccccc1Br. The summed E-state index contributed by atoms with van der Waals surface area (Å²) in [6.07, 6.45) is 4.22. The van der Waals surface area contributed by atoms with Gasteiger partial charge in [0.25, 0.3) is 5.91 Å². The first-order valence-electron chi connectivity index (χ1n) is 5.93. The van der Waals surface area contributed by atoms with Crippen LogP contribution in [0.4, 0.5) is 5.69 Å². The van der Waals surface area contributed by atoms with E-state index < -0.39 is 0 Å². The molecule has 1 saturated carbocycles. The van der Waals surface area contributed by atoms with Crippen molar-refractivity contribution in [3.63, 3.8) is 0 Å². The van der Waals surface area contributed by atoms with Gasteiger partial charge in [-0.2, -0.15) is 10.1 Å². The number of hydrazone groups is 1. The van der Waals surface area contributed by atoms with Crippen molar-refractivity contribution in [2.45, 2.75) is 25.7 Å². The van der Waals surface area contributed by atoms with Gasteiger partial charge in [0.15, 0.2) is 0 Å². The molecule has 1 aliphatic heterocycles. The van der Waals surface area contributed by atoms with Crippen LogP contribution in [0.5, 0.6) is 0 Å². The van der Waals surface area contributed by atoms with Crippen molar-refractivity contribution in [2.75, 3.05) is 5.01 Å². The molecule has 1 aliphatic carbocycles. The van der Waals surface area contributed by atoms with Gasteiger partial charge in [0, 0.05) is 4.47 Å². The Balaban J connectivity index is 1.98. The number of hydrogen-bond donors (Lipinski definition) is 0. The minimum absolute atomic E-state index is 0.0378. The molecule has 0 radical (unpaired) electrons. The van der Waals surface area contributed by atoms with Crippen LogP contribution >= 0.6 is 15.9 Å². The molecule has 3 nitrogen and oxygen atoms in total. The smallest absolute Gasteiger partial charge is 0.256 e. The summed E-state index contributed by atoms with van der Waals surface area (Å²) in [4.78, 5) is 12.3. The van der Waals surface area contributed by atoms with Crippen molar-refractivity contribution in [1.29, 1.82) is 0 Å². The van der Waals surface area contributed by atoms with Crippen molar-refractivity contribution in [3.8, 4) is 0 Å². The second kappa shape index (κ2) is 4.26. The molecule has 0 bridgehead atoms. The van der Waals surface area contributed by atoms with Crippen LogP contribution in [0, 0.1) is 5.92 Å². The topological polar surface area (TPSA) is 32.7 Å². The highest BCUT2D eigenvalue weighted by Gasteiger charge is 2.38. The van der Waals surface area contributed by atoms with E-state index in [0.29, 0.717) is 0 Å². The molecule has 1 aromatic rings. The molecule has 1 fully saturated rings. The van der Waals surface area contributed by atoms with Crippen LogP contribution in [0.2, 0.25) is 0 Å². The van der Waals surface area contributed by atoms with Gasteiger partial charge in [0.2, 0.25) is 0 Å². The first-order valence-corrected chi connectivity index (χ1v) is 6.72. The molecular weight excluding hydrogens is 280 g/mol. The predicted molar refractivity (Wildman–Crippen MR) is 71.0 cm³/mol. The second-order valence-electron chi connectivity index (χ2n) is 4.49. The summed E-state index contributed by atoms with van der Waals surface area (Å²) in [5.74, 6) is 0.169. The fraction of sp³-hybridized carbons (Fsp3) is 0.385. The molecule has 2 aliphatic rings. The quantitative estimate of drug-likeness (QED) is 0.781. The van der Waals surface area contributed by atoms with E-state index in [4.69, 9.17) is 0 Å². The third-order valence-electron chi connectivity index (χ3n) is 3.39. The zero-order valence-electron chi connectivity index (χ0n) is 9.40. The van der Waals surface area contributed by atoms with Crippen molar-refractivity contribution in [2.24, 2.45) is 11.0 Å². The molecule has 0 aromatic heterocycles. The second-order valence-corrected chi connectivity index (χ2v) is 5.35. The van der Waals surface area contributed by atoms with E-state index in [0.717, 1.165) is 41.6 Å². The molecule has 1 heterocycles. The summed E-state index contributed by atoms with van der Waals surface area (Å²) in [5.41, 5.74) is 1.91. The van der Waals surface area contributed by atoms with Crippen LogP contribution in [-0.4, -0.2) is 11.6 Å². The molecule has 0 N–H and O–H groups in total. The van der Waals surface area contributed by atoms with E-state index >= 15 is 0 Å². The van der Waals surface area contributed by atoms with Crippen LogP contribution in [0.15, 0.2) is 33.8 Å². The first-order chi connectivity index (χ1) is 8.27. The minimum Gasteiger partial charge on any atom is -0.272 e. The van der Waals surface area contributed by atoms with E-state index in [1.807, 2.05) is 24.3 Å². The van der Waals surface area contributed by atoms with Crippen LogP contribution in [-0.2, 0) is 4.79 Å². The molecule has 0 spiro atoms. The lowest BCUT2D eigenvalue weighted by molar-refractivity contribution is -0.120. The maximum absolute atomic E-state index is 12.3. The zero-order valence-corrected chi connectivity index (χ0v) is 11.0. The third kappa shape index (κ3) is 1.80. The predicted octanol–water partition coefficient (Wildman–Crippen LogP) is 3.34. The van der Waals surface area contributed by atoms with E-state index in [-0.39, 0.29) is 11.8 Å². The van der Waals surface area contributed by atoms with Gasteiger partial charge in [-0.05, 0) is 47.3 Å². The van der Waals surface area contributed by atoms with Crippen molar-refractivity contribution < 1.29 is 4.79 Å². The Morgan fingerprint density at radius 2 is 2.12 bits per heavy atom. The normalized spacial score (nSPS) is 23.6. The number of anilines is 1. The number of benzene rings is 1. The van der Waals surface area contributed by atoms with Gasteiger partial charge in [-0.25, -0.2) is 0 Å². The molecule has 1 amide bonds. The van der Waals surface area contributed by atoms with E-state index in [2.05, 4.69) is 21.0 Å². The van der Waals surface area contributed by atoms with Crippen molar-refractivity contribution in [3.05, 3.63) is 28.7 Å². The van der Waals surface area contributed by atoms with Gasteiger partial charge in [0.1, 0.15) is 0 Å². The van der Waals surface area contributed by atoms with Crippen LogP contribution in [0.3, 0.4) is 0 Å². The van der Waals surface area contributed by atoms with E-state index in [9.17, 15) is 4.79 Å². The van der Waals surface area contributed by atoms with Gasteiger partial charge in [-0.1, -0.05) is 18.6 Å². The Kier molecular flexibility index (Phi) is 2.74. The van der Waals surface area contributed by atoms with Gasteiger partial charge in [0.05, 0.1) is 17.3 Å². The van der Waals surface area contributed by atoms with E-state index in [1.165, 1.54) is 0 Å². The maximum Gasteiger partial charge on any atom is 0.256 e. The zero-order chi connectivity index (χ0) is 11.8. The molecule has 4 heteroatoms. The highest BCUT2D eigenvalue weighted by Crippen LogP contribution is 2.35. The number of carbonyl (C=O) groups excluding carboxylic acids is 1. The third-order valence-corrected chi connectivity index (χ3v) is 4.06. The Hall–Kier alpha value is -1.16. The fourth-order valence-electron chi connectivity index (χ4n) is 2.50. The molecule has 0 saturated heterocycles. The Bertz CT molecular complexity index is 498. The first kappa shape index (κ1) is 11.0. The largest absolute Gasteiger partial charge is 0.272 e. The lowest BCUT2D eigenvalue weighted by atomic mass is 9.87. The maximum atomic E-state index is 12.3. The van der Waals surface area contributed by atoms with Gasteiger partial charge in [-0.15, -0.1) is 0 Å². The standard InChI is InChI=1S/C13H13BrN2O/c14-10-6-2-4-8-12(10)16-13(17)9-5-1-3-7-11(9)15-16/h2,4,6,8-9H,1,3,5,7H2. The average molecular weight is 293 g/mol. The summed E-state index contributed by atoms with van der Waals surface area (Å²) >= 11 is 3.47. The summed E-state index contributed by atoms with van der Waals surface area (Å²) in [6, 6.07) is 7.72. The molecule has 1 aromatic carbocycles. The van der Waals surface area contributed by atoms with Crippen LogP contribution in [0.1, 0.15) is 25.7 Å². The number of halogens is 1. The number of nitrogens with zero attached hydrogens (tertiary/aromatic N) is 2. The molecule has 17 heavy (non-hydrogen) atoms. The average Bonchev–Trinajstić information content (AvgIpc) is 2.68. The Morgan fingerprint density at radius 1 is 1.29 bits per heavy atom. The van der Waals surface area contributed by atoms with Crippen LogP contribution < -0.4 is 5.01 Å². The molecule has 3 rings (SSSR count). The van der Waals surface area contributed by atoms with Crippen molar-refractivity contribution in [1.82, 2.24) is 0 Å². The highest BCUT2D eigenvalue weighted by atomic mass is 79.9. The van der Waals surface area contributed by atoms with Crippen molar-refractivity contribution >= 4 is 33.2 Å². The number of rotatable bonds is 1. The molecule has 1 atom stereocenters. The molecular formula is C13H13BrN2O. The van der Waals surface area contributed by atoms with Crippen LogP contribution in [0.25, 0.3) is 0 Å². The number of amides is 1. The lowest BCUT2D eigenvalue weighted by Crippen LogP contribution is -2.29. The minimum atomic E-state index is 0.0378. The molecule has 88 valence electrons. The molecule has 1 unspecified atom stereocenters. The summed E-state index contributed by atoms with van der Waals surface area (Å²) < 4.78 is 0.913. The van der Waals surface area contributed by atoms with Gasteiger partial charge >= 0.3 is 0 Å².